The van der Waals surface area contributed by atoms with Crippen molar-refractivity contribution in [3.05, 3.63) is 17.5 Å². The van der Waals surface area contributed by atoms with Crippen molar-refractivity contribution in [1.82, 2.24) is 15.3 Å². The van der Waals surface area contributed by atoms with Crippen LogP contribution in [-0.4, -0.2) is 23.1 Å². The maximum atomic E-state index is 5.70. The van der Waals surface area contributed by atoms with Gasteiger partial charge in [0.15, 0.2) is 0 Å². The zero-order valence-electron chi connectivity index (χ0n) is 11.4. The summed E-state index contributed by atoms with van der Waals surface area (Å²) in [5.74, 6) is 0.620. The Kier molecular flexibility index (Phi) is 5.35. The molecule has 0 amide bonds. The van der Waals surface area contributed by atoms with Gasteiger partial charge in [0.05, 0.1) is 6.10 Å². The summed E-state index contributed by atoms with van der Waals surface area (Å²) in [5.41, 5.74) is 2.08. The summed E-state index contributed by atoms with van der Waals surface area (Å²) in [6.45, 7) is 9.19. The number of ether oxygens (including phenoxy) is 1. The van der Waals surface area contributed by atoms with Gasteiger partial charge >= 0.3 is 6.01 Å². The molecule has 4 heteroatoms. The summed E-state index contributed by atoms with van der Waals surface area (Å²) in [6.07, 6.45) is 3.00. The largest absolute Gasteiger partial charge is 0.460 e. The molecule has 96 valence electrons. The van der Waals surface area contributed by atoms with E-state index in [0.717, 1.165) is 24.2 Å². The first-order chi connectivity index (χ1) is 8.02. The highest BCUT2D eigenvalue weighted by Gasteiger charge is 2.09. The normalized spacial score (nSPS) is 12.8. The van der Waals surface area contributed by atoms with E-state index in [0.29, 0.717) is 11.9 Å². The number of aromatic nitrogens is 2. The smallest absolute Gasteiger partial charge is 0.316 e. The monoisotopic (exact) mass is 237 g/mol. The van der Waals surface area contributed by atoms with Crippen LogP contribution in [0.15, 0.2) is 6.20 Å². The fourth-order valence-corrected chi connectivity index (χ4v) is 1.78. The topological polar surface area (TPSA) is 47.0 Å². The van der Waals surface area contributed by atoms with Gasteiger partial charge in [-0.05, 0) is 33.2 Å². The average Bonchev–Trinajstić information content (AvgIpc) is 2.21. The lowest BCUT2D eigenvalue weighted by Crippen LogP contribution is -2.17. The van der Waals surface area contributed by atoms with Gasteiger partial charge in [-0.3, -0.25) is 0 Å². The lowest BCUT2D eigenvalue weighted by Gasteiger charge is -2.15. The van der Waals surface area contributed by atoms with E-state index in [2.05, 4.69) is 36.1 Å². The Bertz CT molecular complexity index is 353. The van der Waals surface area contributed by atoms with E-state index in [1.807, 2.05) is 20.2 Å². The van der Waals surface area contributed by atoms with E-state index >= 15 is 0 Å². The minimum absolute atomic E-state index is 0.157. The van der Waals surface area contributed by atoms with Crippen LogP contribution in [0.3, 0.4) is 0 Å². The molecule has 1 atom stereocenters. The number of hydrogen-bond acceptors (Lipinski definition) is 4. The molecular formula is C13H23N3O. The molecule has 0 aliphatic rings. The molecule has 1 aromatic rings. The molecule has 1 unspecified atom stereocenters. The quantitative estimate of drug-likeness (QED) is 0.825. The van der Waals surface area contributed by atoms with Crippen LogP contribution in [0.1, 0.15) is 38.4 Å². The Hall–Kier alpha value is -1.16. The van der Waals surface area contributed by atoms with Crippen molar-refractivity contribution in [3.8, 4) is 6.01 Å². The van der Waals surface area contributed by atoms with Crippen LogP contribution in [0.25, 0.3) is 0 Å². The van der Waals surface area contributed by atoms with Crippen LogP contribution < -0.4 is 10.1 Å². The molecular weight excluding hydrogens is 214 g/mol. The molecule has 0 aromatic carbocycles. The molecule has 1 rings (SSSR count). The third-order valence-corrected chi connectivity index (χ3v) is 2.54. The average molecular weight is 237 g/mol. The highest BCUT2D eigenvalue weighted by Crippen LogP contribution is 2.13. The molecule has 0 saturated carbocycles. The summed E-state index contributed by atoms with van der Waals surface area (Å²) in [5, 5.41) is 3.09. The number of nitrogens with zero attached hydrogens (tertiary/aromatic N) is 2. The molecule has 1 aromatic heterocycles. The Morgan fingerprint density at radius 1 is 1.35 bits per heavy atom. The lowest BCUT2D eigenvalue weighted by molar-refractivity contribution is 0.177. The molecule has 0 aliphatic carbocycles. The molecule has 0 fully saturated rings. The van der Waals surface area contributed by atoms with Crippen molar-refractivity contribution < 1.29 is 4.74 Å². The minimum atomic E-state index is 0.157. The van der Waals surface area contributed by atoms with Crippen LogP contribution in [0, 0.1) is 12.8 Å². The Morgan fingerprint density at radius 2 is 2.06 bits per heavy atom. The van der Waals surface area contributed by atoms with Crippen LogP contribution >= 0.6 is 0 Å². The standard InChI is InChI=1S/C13H23N3O/c1-9(2)6-10(3)17-13-15-8-12(7-14-5)11(4)16-13/h8-10,14H,6-7H2,1-5H3. The number of rotatable bonds is 6. The van der Waals surface area contributed by atoms with E-state index in [4.69, 9.17) is 4.74 Å². The summed E-state index contributed by atoms with van der Waals surface area (Å²) >= 11 is 0. The van der Waals surface area contributed by atoms with Gasteiger partial charge in [-0.25, -0.2) is 9.97 Å². The SMILES string of the molecule is CNCc1cnc(OC(C)CC(C)C)nc1C. The molecule has 0 aliphatic heterocycles. The van der Waals surface area contributed by atoms with Crippen molar-refractivity contribution in [2.75, 3.05) is 7.05 Å². The molecule has 17 heavy (non-hydrogen) atoms. The number of hydrogen-bond donors (Lipinski definition) is 1. The van der Waals surface area contributed by atoms with E-state index in [9.17, 15) is 0 Å². The lowest BCUT2D eigenvalue weighted by atomic mass is 10.1. The Morgan fingerprint density at radius 3 is 2.59 bits per heavy atom. The van der Waals surface area contributed by atoms with Gasteiger partial charge in [-0.15, -0.1) is 0 Å². The van der Waals surface area contributed by atoms with E-state index in [1.165, 1.54) is 0 Å². The predicted octanol–water partition coefficient (Wildman–Crippen LogP) is 2.32. The van der Waals surface area contributed by atoms with Crippen LogP contribution in [0.4, 0.5) is 0 Å². The van der Waals surface area contributed by atoms with Crippen molar-refractivity contribution in [1.29, 1.82) is 0 Å². The molecule has 0 bridgehead atoms. The first-order valence-corrected chi connectivity index (χ1v) is 6.16. The minimum Gasteiger partial charge on any atom is -0.460 e. The van der Waals surface area contributed by atoms with E-state index < -0.39 is 0 Å². The molecule has 4 nitrogen and oxygen atoms in total. The third kappa shape index (κ3) is 4.69. The number of aryl methyl sites for hydroxylation is 1. The first kappa shape index (κ1) is 13.9. The van der Waals surface area contributed by atoms with Gasteiger partial charge in [0.2, 0.25) is 0 Å². The second kappa shape index (κ2) is 6.55. The zero-order chi connectivity index (χ0) is 12.8. The molecule has 0 saturated heterocycles. The third-order valence-electron chi connectivity index (χ3n) is 2.54. The van der Waals surface area contributed by atoms with Gasteiger partial charge in [-0.2, -0.15) is 0 Å². The first-order valence-electron chi connectivity index (χ1n) is 6.16. The van der Waals surface area contributed by atoms with Gasteiger partial charge in [0.25, 0.3) is 0 Å². The van der Waals surface area contributed by atoms with Gasteiger partial charge in [-0.1, -0.05) is 13.8 Å². The van der Waals surface area contributed by atoms with Crippen molar-refractivity contribution in [2.24, 2.45) is 5.92 Å². The van der Waals surface area contributed by atoms with Crippen LogP contribution in [0.5, 0.6) is 6.01 Å². The number of nitrogens with one attached hydrogen (secondary N) is 1. The molecule has 1 heterocycles. The van der Waals surface area contributed by atoms with E-state index in [-0.39, 0.29) is 6.10 Å². The van der Waals surface area contributed by atoms with E-state index in [1.54, 1.807) is 0 Å². The summed E-state index contributed by atoms with van der Waals surface area (Å²) in [7, 11) is 1.91. The van der Waals surface area contributed by atoms with Crippen LogP contribution in [0.2, 0.25) is 0 Å². The van der Waals surface area contributed by atoms with Gasteiger partial charge in [0.1, 0.15) is 0 Å². The highest BCUT2D eigenvalue weighted by molar-refractivity contribution is 5.17. The second-order valence-corrected chi connectivity index (χ2v) is 4.85. The van der Waals surface area contributed by atoms with Gasteiger partial charge < -0.3 is 10.1 Å². The predicted molar refractivity (Wildman–Crippen MR) is 69.1 cm³/mol. The maximum absolute atomic E-state index is 5.70. The summed E-state index contributed by atoms with van der Waals surface area (Å²) in [4.78, 5) is 8.60. The fraction of sp³-hybridized carbons (Fsp3) is 0.692. The maximum Gasteiger partial charge on any atom is 0.316 e. The van der Waals surface area contributed by atoms with Crippen molar-refractivity contribution in [2.45, 2.75) is 46.8 Å². The molecule has 0 radical (unpaired) electrons. The zero-order valence-corrected chi connectivity index (χ0v) is 11.4. The van der Waals surface area contributed by atoms with Crippen molar-refractivity contribution >= 4 is 0 Å². The molecule has 0 spiro atoms. The second-order valence-electron chi connectivity index (χ2n) is 4.85. The summed E-state index contributed by atoms with van der Waals surface area (Å²) < 4.78 is 5.70. The summed E-state index contributed by atoms with van der Waals surface area (Å²) in [6, 6.07) is 0.482. The van der Waals surface area contributed by atoms with Crippen molar-refractivity contribution in [3.63, 3.8) is 0 Å². The van der Waals surface area contributed by atoms with Gasteiger partial charge in [0, 0.05) is 24.0 Å². The fourth-order valence-electron chi connectivity index (χ4n) is 1.78. The Labute approximate surface area is 104 Å². The molecule has 1 N–H and O–H groups in total. The Balaban J connectivity index is 2.63. The van der Waals surface area contributed by atoms with Crippen LogP contribution in [-0.2, 0) is 6.54 Å². The highest BCUT2D eigenvalue weighted by atomic mass is 16.5.